The van der Waals surface area contributed by atoms with Crippen molar-refractivity contribution in [2.75, 3.05) is 5.32 Å². The van der Waals surface area contributed by atoms with Gasteiger partial charge in [-0.25, -0.2) is 4.68 Å². The van der Waals surface area contributed by atoms with Crippen LogP contribution in [0, 0.1) is 0 Å². The fraction of sp³-hybridized carbons (Fsp3) is 0.176. The molecule has 3 aromatic rings. The molecule has 0 fully saturated rings. The number of rotatable bonds is 3. The third kappa shape index (κ3) is 2.70. The molecule has 0 radical (unpaired) electrons. The number of nitrogens with zero attached hydrogens (tertiary/aromatic N) is 2. The largest absolute Gasteiger partial charge is 0.467 e. The van der Waals surface area contributed by atoms with Gasteiger partial charge in [0.25, 0.3) is 0 Å². The molecule has 7 heteroatoms. The van der Waals surface area contributed by atoms with E-state index in [0.717, 1.165) is 16.9 Å². The Morgan fingerprint density at radius 1 is 1.29 bits per heavy atom. The molecule has 0 spiro atoms. The van der Waals surface area contributed by atoms with Crippen LogP contribution >= 0.6 is 23.2 Å². The maximum Gasteiger partial charge on any atom is 0.226 e. The van der Waals surface area contributed by atoms with Crippen LogP contribution < -0.4 is 5.32 Å². The summed E-state index contributed by atoms with van der Waals surface area (Å²) < 4.78 is 7.09. The zero-order valence-electron chi connectivity index (χ0n) is 12.5. The van der Waals surface area contributed by atoms with Gasteiger partial charge in [0, 0.05) is 17.9 Å². The van der Waals surface area contributed by atoms with Crippen molar-refractivity contribution in [2.45, 2.75) is 18.9 Å². The molecule has 3 heterocycles. The van der Waals surface area contributed by atoms with Gasteiger partial charge in [-0.1, -0.05) is 29.3 Å². The van der Waals surface area contributed by atoms with Crippen LogP contribution in [0.3, 0.4) is 0 Å². The van der Waals surface area contributed by atoms with Crippen LogP contribution in [0.5, 0.6) is 0 Å². The lowest BCUT2D eigenvalue weighted by molar-refractivity contribution is -0.116. The molecular weight excluding hydrogens is 349 g/mol. The van der Waals surface area contributed by atoms with E-state index in [-0.39, 0.29) is 11.8 Å². The van der Waals surface area contributed by atoms with E-state index in [1.165, 1.54) is 0 Å². The van der Waals surface area contributed by atoms with Gasteiger partial charge < -0.3 is 9.73 Å². The lowest BCUT2D eigenvalue weighted by Gasteiger charge is -2.24. The van der Waals surface area contributed by atoms with Crippen molar-refractivity contribution >= 4 is 34.9 Å². The van der Waals surface area contributed by atoms with Crippen LogP contribution in [-0.4, -0.2) is 15.7 Å². The van der Waals surface area contributed by atoms with Gasteiger partial charge in [0.15, 0.2) is 0 Å². The third-order valence-corrected chi connectivity index (χ3v) is 4.86. The monoisotopic (exact) mass is 361 g/mol. The Labute approximate surface area is 148 Å². The minimum Gasteiger partial charge on any atom is -0.467 e. The summed E-state index contributed by atoms with van der Waals surface area (Å²) in [4.78, 5) is 12.2. The summed E-state index contributed by atoms with van der Waals surface area (Å²) in [5.74, 6) is 1.30. The van der Waals surface area contributed by atoms with E-state index >= 15 is 0 Å². The van der Waals surface area contributed by atoms with Crippen molar-refractivity contribution in [3.05, 3.63) is 69.7 Å². The van der Waals surface area contributed by atoms with Gasteiger partial charge in [-0.3, -0.25) is 4.79 Å². The Kier molecular flexibility index (Phi) is 3.82. The summed E-state index contributed by atoms with van der Waals surface area (Å²) in [6.45, 7) is 0.455. The predicted octanol–water partition coefficient (Wildman–Crippen LogP) is 4.31. The van der Waals surface area contributed by atoms with Crippen LogP contribution in [0.2, 0.25) is 10.0 Å². The van der Waals surface area contributed by atoms with Crippen molar-refractivity contribution in [3.63, 3.8) is 0 Å². The number of anilines is 1. The molecule has 122 valence electrons. The zero-order valence-corrected chi connectivity index (χ0v) is 14.0. The average Bonchev–Trinajstić information content (AvgIpc) is 3.20. The first-order valence-electron chi connectivity index (χ1n) is 7.44. The molecular formula is C17H13Cl2N3O2. The highest BCUT2D eigenvalue weighted by Crippen LogP contribution is 2.38. The number of furan rings is 1. The van der Waals surface area contributed by atoms with Crippen LogP contribution in [0.25, 0.3) is 0 Å². The number of amides is 1. The second-order valence-corrected chi connectivity index (χ2v) is 6.48. The molecule has 24 heavy (non-hydrogen) atoms. The number of nitrogens with one attached hydrogen (secondary N) is 1. The maximum atomic E-state index is 12.2. The highest BCUT2D eigenvalue weighted by atomic mass is 35.5. The van der Waals surface area contributed by atoms with E-state index in [1.807, 2.05) is 18.2 Å². The van der Waals surface area contributed by atoms with E-state index in [0.29, 0.717) is 28.8 Å². The van der Waals surface area contributed by atoms with Gasteiger partial charge >= 0.3 is 0 Å². The fourth-order valence-electron chi connectivity index (χ4n) is 2.97. The molecule has 2 aromatic heterocycles. The number of fused-ring (bicyclic) bond motifs is 1. The first-order valence-corrected chi connectivity index (χ1v) is 8.20. The average molecular weight is 362 g/mol. The number of halogens is 2. The van der Waals surface area contributed by atoms with Gasteiger partial charge in [-0.15, -0.1) is 0 Å². The van der Waals surface area contributed by atoms with Gasteiger partial charge in [-0.05, 0) is 29.8 Å². The smallest absolute Gasteiger partial charge is 0.226 e. The van der Waals surface area contributed by atoms with Crippen molar-refractivity contribution in [2.24, 2.45) is 0 Å². The summed E-state index contributed by atoms with van der Waals surface area (Å²) in [7, 11) is 0. The Balaban J connectivity index is 1.73. The zero-order chi connectivity index (χ0) is 16.7. The van der Waals surface area contributed by atoms with E-state index < -0.39 is 0 Å². The highest BCUT2D eigenvalue weighted by molar-refractivity contribution is 6.42. The first-order chi connectivity index (χ1) is 11.6. The summed E-state index contributed by atoms with van der Waals surface area (Å²) in [5.41, 5.74) is 1.90. The second kappa shape index (κ2) is 6.00. The summed E-state index contributed by atoms with van der Waals surface area (Å²) in [5, 5.41) is 8.28. The Hall–Kier alpha value is -2.24. The van der Waals surface area contributed by atoms with Crippen LogP contribution in [0.4, 0.5) is 5.82 Å². The van der Waals surface area contributed by atoms with E-state index in [9.17, 15) is 4.79 Å². The quantitative estimate of drug-likeness (QED) is 0.756. The molecule has 0 aliphatic carbocycles. The molecule has 0 saturated heterocycles. The number of hydrogen-bond donors (Lipinski definition) is 1. The Bertz CT molecular complexity index is 903. The molecule has 5 nitrogen and oxygen atoms in total. The van der Waals surface area contributed by atoms with Crippen molar-refractivity contribution in [1.29, 1.82) is 0 Å². The molecule has 1 N–H and O–H groups in total. The lowest BCUT2D eigenvalue weighted by atomic mass is 9.87. The van der Waals surface area contributed by atoms with Gasteiger partial charge in [0.1, 0.15) is 18.1 Å². The third-order valence-electron chi connectivity index (χ3n) is 4.12. The molecule has 0 bridgehead atoms. The lowest BCUT2D eigenvalue weighted by Crippen LogP contribution is -2.25. The number of hydrogen-bond acceptors (Lipinski definition) is 3. The SMILES string of the molecule is O=C1C[C@H](c2ccc(Cl)c(Cl)c2)c2cnn(Cc3ccco3)c2N1. The number of carbonyl (C=O) groups excluding carboxylic acids is 1. The topological polar surface area (TPSA) is 60.1 Å². The van der Waals surface area contributed by atoms with Gasteiger partial charge in [0.05, 0.1) is 22.5 Å². The van der Waals surface area contributed by atoms with E-state index in [2.05, 4.69) is 10.4 Å². The summed E-state index contributed by atoms with van der Waals surface area (Å²) >= 11 is 12.1. The second-order valence-electron chi connectivity index (χ2n) is 5.66. The van der Waals surface area contributed by atoms with Crippen LogP contribution in [0.1, 0.15) is 29.2 Å². The van der Waals surface area contributed by atoms with Crippen molar-refractivity contribution < 1.29 is 9.21 Å². The minimum absolute atomic E-state index is 0.0558. The van der Waals surface area contributed by atoms with Crippen LogP contribution in [0.15, 0.2) is 47.2 Å². The highest BCUT2D eigenvalue weighted by Gasteiger charge is 2.30. The Morgan fingerprint density at radius 3 is 2.92 bits per heavy atom. The molecule has 1 atom stereocenters. The number of carbonyl (C=O) groups is 1. The van der Waals surface area contributed by atoms with Gasteiger partial charge in [0.2, 0.25) is 5.91 Å². The maximum absolute atomic E-state index is 12.2. The number of aromatic nitrogens is 2. The molecule has 1 amide bonds. The standard InChI is InChI=1S/C17H13Cl2N3O2/c18-14-4-3-10(6-15(14)19)12-7-16(23)21-17-13(12)8-20-22(17)9-11-2-1-5-24-11/h1-6,8,12H,7,9H2,(H,21,23)/t12-/m1/s1. The van der Waals surface area contributed by atoms with Crippen molar-refractivity contribution in [3.8, 4) is 0 Å². The van der Waals surface area contributed by atoms with E-state index in [4.69, 9.17) is 27.6 Å². The Morgan fingerprint density at radius 2 is 2.17 bits per heavy atom. The minimum atomic E-state index is -0.103. The summed E-state index contributed by atoms with van der Waals surface area (Å²) in [6, 6.07) is 9.14. The first kappa shape index (κ1) is 15.3. The molecule has 1 aliphatic rings. The van der Waals surface area contributed by atoms with Crippen molar-refractivity contribution in [1.82, 2.24) is 9.78 Å². The molecule has 1 aliphatic heterocycles. The molecule has 4 rings (SSSR count). The van der Waals surface area contributed by atoms with Gasteiger partial charge in [-0.2, -0.15) is 5.10 Å². The van der Waals surface area contributed by atoms with Crippen LogP contribution in [-0.2, 0) is 11.3 Å². The molecule has 0 unspecified atom stereocenters. The normalized spacial score (nSPS) is 16.8. The molecule has 1 aromatic carbocycles. The molecule has 0 saturated carbocycles. The predicted molar refractivity (Wildman–Crippen MR) is 91.6 cm³/mol. The van der Waals surface area contributed by atoms with E-state index in [1.54, 1.807) is 29.3 Å². The summed E-state index contributed by atoms with van der Waals surface area (Å²) in [6.07, 6.45) is 3.74. The number of benzene rings is 1. The fourth-order valence-corrected chi connectivity index (χ4v) is 3.27.